The maximum Gasteiger partial charge on any atom is 0.227 e. The van der Waals surface area contributed by atoms with Gasteiger partial charge in [0.1, 0.15) is 5.82 Å². The van der Waals surface area contributed by atoms with Gasteiger partial charge < -0.3 is 9.88 Å². The normalized spacial score (nSPS) is 14.4. The Morgan fingerprint density at radius 2 is 1.96 bits per heavy atom. The van der Waals surface area contributed by atoms with E-state index in [2.05, 4.69) is 44.0 Å². The number of carbonyl (C=O) groups is 1. The molecule has 1 aliphatic rings. The van der Waals surface area contributed by atoms with Crippen molar-refractivity contribution < 1.29 is 9.18 Å². The summed E-state index contributed by atoms with van der Waals surface area (Å²) in [4.78, 5) is 18.1. The zero-order valence-electron chi connectivity index (χ0n) is 16.1. The summed E-state index contributed by atoms with van der Waals surface area (Å²) >= 11 is 0. The van der Waals surface area contributed by atoms with E-state index in [1.807, 2.05) is 4.90 Å². The average Bonchev–Trinajstić information content (AvgIpc) is 3.00. The molecular weight excluding hydrogens is 339 g/mol. The van der Waals surface area contributed by atoms with E-state index in [0.717, 1.165) is 11.9 Å². The summed E-state index contributed by atoms with van der Waals surface area (Å²) < 4.78 is 13.9. The minimum absolute atomic E-state index is 0.0212. The number of aromatic nitrogens is 1. The lowest BCUT2D eigenvalue weighted by Gasteiger charge is -2.27. The maximum atomic E-state index is 13.9. The number of H-pyrrole nitrogens is 1. The van der Waals surface area contributed by atoms with E-state index in [9.17, 15) is 9.18 Å². The van der Waals surface area contributed by atoms with Gasteiger partial charge in [0.25, 0.3) is 0 Å². The molecule has 3 aromatic rings. The number of benzene rings is 2. The molecule has 0 bridgehead atoms. The lowest BCUT2D eigenvalue weighted by molar-refractivity contribution is -0.131. The summed E-state index contributed by atoms with van der Waals surface area (Å²) in [6.45, 7) is 7.86. The van der Waals surface area contributed by atoms with E-state index < -0.39 is 0 Å². The van der Waals surface area contributed by atoms with Crippen LogP contribution in [-0.2, 0) is 29.6 Å². The summed E-state index contributed by atoms with van der Waals surface area (Å²) in [6, 6.07) is 13.1. The van der Waals surface area contributed by atoms with Crippen LogP contribution in [0.1, 0.15) is 43.2 Å². The zero-order chi connectivity index (χ0) is 19.2. The minimum Gasteiger partial charge on any atom is -0.358 e. The second-order valence-corrected chi connectivity index (χ2v) is 8.43. The average molecular weight is 364 g/mol. The Morgan fingerprint density at radius 3 is 2.70 bits per heavy atom. The van der Waals surface area contributed by atoms with Gasteiger partial charge in [-0.05, 0) is 34.7 Å². The quantitative estimate of drug-likeness (QED) is 0.701. The van der Waals surface area contributed by atoms with Crippen molar-refractivity contribution in [2.24, 2.45) is 0 Å². The van der Waals surface area contributed by atoms with Gasteiger partial charge in [0.15, 0.2) is 0 Å². The van der Waals surface area contributed by atoms with Crippen LogP contribution in [0.5, 0.6) is 0 Å². The molecule has 0 fully saturated rings. The van der Waals surface area contributed by atoms with Crippen molar-refractivity contribution in [3.63, 3.8) is 0 Å². The minimum atomic E-state index is -0.314. The van der Waals surface area contributed by atoms with Gasteiger partial charge in [0, 0.05) is 41.7 Å². The lowest BCUT2D eigenvalue weighted by Crippen LogP contribution is -2.36. The van der Waals surface area contributed by atoms with Gasteiger partial charge in [-0.3, -0.25) is 4.79 Å². The lowest BCUT2D eigenvalue weighted by atomic mass is 9.86. The molecule has 4 heteroatoms. The van der Waals surface area contributed by atoms with Crippen LogP contribution < -0.4 is 0 Å². The first-order chi connectivity index (χ1) is 12.8. The Morgan fingerprint density at radius 1 is 1.19 bits per heavy atom. The van der Waals surface area contributed by atoms with E-state index in [1.165, 1.54) is 28.3 Å². The SMILES string of the molecule is CC(C)(C)c1ccc2[nH]c3c(c2c1)CN(C(=O)Cc1ccccc1F)CC3. The smallest absolute Gasteiger partial charge is 0.227 e. The van der Waals surface area contributed by atoms with Crippen molar-refractivity contribution in [1.29, 1.82) is 0 Å². The van der Waals surface area contributed by atoms with Crippen LogP contribution in [0.4, 0.5) is 4.39 Å². The molecule has 140 valence electrons. The van der Waals surface area contributed by atoms with Crippen LogP contribution in [0.3, 0.4) is 0 Å². The van der Waals surface area contributed by atoms with Gasteiger partial charge in [-0.2, -0.15) is 0 Å². The maximum absolute atomic E-state index is 13.9. The van der Waals surface area contributed by atoms with Crippen LogP contribution in [0.15, 0.2) is 42.5 Å². The Balaban J connectivity index is 1.62. The molecule has 2 heterocycles. The van der Waals surface area contributed by atoms with Crippen molar-refractivity contribution in [2.75, 3.05) is 6.54 Å². The largest absolute Gasteiger partial charge is 0.358 e. The summed E-state index contributed by atoms with van der Waals surface area (Å²) in [5.41, 5.74) is 5.35. The number of carbonyl (C=O) groups excluding carboxylic acids is 1. The highest BCUT2D eigenvalue weighted by molar-refractivity contribution is 5.87. The van der Waals surface area contributed by atoms with E-state index in [4.69, 9.17) is 0 Å². The van der Waals surface area contributed by atoms with E-state index >= 15 is 0 Å². The van der Waals surface area contributed by atoms with Crippen molar-refractivity contribution >= 4 is 16.8 Å². The van der Waals surface area contributed by atoms with Crippen LogP contribution in [0.2, 0.25) is 0 Å². The number of nitrogens with one attached hydrogen (secondary N) is 1. The number of amides is 1. The van der Waals surface area contributed by atoms with Crippen LogP contribution in [0, 0.1) is 5.82 Å². The van der Waals surface area contributed by atoms with Crippen molar-refractivity contribution in [3.8, 4) is 0 Å². The van der Waals surface area contributed by atoms with Crippen molar-refractivity contribution in [2.45, 2.75) is 45.6 Å². The topological polar surface area (TPSA) is 36.1 Å². The molecule has 0 atom stereocenters. The van der Waals surface area contributed by atoms with E-state index in [-0.39, 0.29) is 23.6 Å². The number of halogens is 1. The number of nitrogens with zero attached hydrogens (tertiary/aromatic N) is 1. The third-order valence-electron chi connectivity index (χ3n) is 5.49. The molecule has 3 nitrogen and oxygen atoms in total. The van der Waals surface area contributed by atoms with E-state index in [0.29, 0.717) is 18.7 Å². The fourth-order valence-corrected chi connectivity index (χ4v) is 3.81. The zero-order valence-corrected chi connectivity index (χ0v) is 16.1. The molecule has 1 aromatic heterocycles. The first kappa shape index (κ1) is 17.8. The molecule has 1 amide bonds. The molecule has 0 spiro atoms. The molecule has 0 aliphatic carbocycles. The first-order valence-electron chi connectivity index (χ1n) is 9.48. The molecule has 0 unspecified atom stereocenters. The molecule has 2 aromatic carbocycles. The molecule has 0 radical (unpaired) electrons. The number of hydrogen-bond donors (Lipinski definition) is 1. The van der Waals surface area contributed by atoms with Gasteiger partial charge in [0.2, 0.25) is 5.91 Å². The highest BCUT2D eigenvalue weighted by Crippen LogP contribution is 2.32. The number of fused-ring (bicyclic) bond motifs is 3. The van der Waals surface area contributed by atoms with Crippen LogP contribution >= 0.6 is 0 Å². The molecule has 27 heavy (non-hydrogen) atoms. The monoisotopic (exact) mass is 364 g/mol. The second-order valence-electron chi connectivity index (χ2n) is 8.43. The number of hydrogen-bond acceptors (Lipinski definition) is 1. The van der Waals surface area contributed by atoms with Crippen LogP contribution in [-0.4, -0.2) is 22.3 Å². The number of aromatic amines is 1. The van der Waals surface area contributed by atoms with Crippen molar-refractivity contribution in [3.05, 3.63) is 70.7 Å². The molecule has 4 rings (SSSR count). The summed E-state index contributed by atoms with van der Waals surface area (Å²) in [5, 5.41) is 1.20. The fraction of sp³-hybridized carbons (Fsp3) is 0.348. The summed E-state index contributed by atoms with van der Waals surface area (Å²) in [5.74, 6) is -0.336. The fourth-order valence-electron chi connectivity index (χ4n) is 3.81. The second kappa shape index (κ2) is 6.52. The number of rotatable bonds is 2. The third kappa shape index (κ3) is 3.36. The predicted octanol–water partition coefficient (Wildman–Crippen LogP) is 4.73. The highest BCUT2D eigenvalue weighted by Gasteiger charge is 2.25. The van der Waals surface area contributed by atoms with Crippen molar-refractivity contribution in [1.82, 2.24) is 9.88 Å². The molecule has 1 aliphatic heterocycles. The highest BCUT2D eigenvalue weighted by atomic mass is 19.1. The van der Waals surface area contributed by atoms with E-state index in [1.54, 1.807) is 18.2 Å². The molecular formula is C23H25FN2O. The predicted molar refractivity (Wildman–Crippen MR) is 106 cm³/mol. The molecule has 0 saturated heterocycles. The van der Waals surface area contributed by atoms with Gasteiger partial charge in [-0.25, -0.2) is 4.39 Å². The Hall–Kier alpha value is -2.62. The van der Waals surface area contributed by atoms with Gasteiger partial charge in [-0.15, -0.1) is 0 Å². The standard InChI is InChI=1S/C23H25FN2O/c1-23(2,3)16-8-9-20-17(13-16)18-14-26(11-10-21(18)25-20)22(27)12-15-6-4-5-7-19(15)24/h4-9,13,25H,10-12,14H2,1-3H3. The summed E-state index contributed by atoms with van der Waals surface area (Å²) in [6.07, 6.45) is 0.912. The first-order valence-corrected chi connectivity index (χ1v) is 9.48. The van der Waals surface area contributed by atoms with Crippen LogP contribution in [0.25, 0.3) is 10.9 Å². The Bertz CT molecular complexity index is 1010. The Labute approximate surface area is 159 Å². The van der Waals surface area contributed by atoms with Gasteiger partial charge in [0.05, 0.1) is 6.42 Å². The van der Waals surface area contributed by atoms with Gasteiger partial charge >= 0.3 is 0 Å². The Kier molecular flexibility index (Phi) is 4.29. The molecule has 1 N–H and O–H groups in total. The third-order valence-corrected chi connectivity index (χ3v) is 5.49. The van der Waals surface area contributed by atoms with Gasteiger partial charge in [-0.1, -0.05) is 45.0 Å². The molecule has 0 saturated carbocycles. The summed E-state index contributed by atoms with van der Waals surface area (Å²) in [7, 11) is 0.